The minimum Gasteiger partial charge on any atom is -0.486 e. The molecule has 0 aliphatic heterocycles. The highest BCUT2D eigenvalue weighted by Gasteiger charge is 2.07. The molecule has 0 saturated heterocycles. The molecule has 3 rings (SSSR count). The van der Waals surface area contributed by atoms with Crippen LogP contribution < -0.4 is 9.47 Å². The van der Waals surface area contributed by atoms with E-state index >= 15 is 0 Å². The van der Waals surface area contributed by atoms with Crippen molar-refractivity contribution in [3.8, 4) is 11.5 Å². The van der Waals surface area contributed by atoms with Crippen LogP contribution in [0, 0.1) is 13.8 Å². The fraction of sp³-hybridized carbons (Fsp3) is 0.174. The average molecular weight is 398 g/mol. The molecule has 0 saturated carbocycles. The lowest BCUT2D eigenvalue weighted by molar-refractivity contribution is -0.0498. The molecule has 0 N–H and O–H groups in total. The van der Waals surface area contributed by atoms with Gasteiger partial charge in [-0.2, -0.15) is 8.78 Å². The van der Waals surface area contributed by atoms with Gasteiger partial charge in [-0.1, -0.05) is 6.07 Å². The number of alkyl halides is 2. The molecule has 0 fully saturated rings. The number of hydrogen-bond donors (Lipinski definition) is 0. The standard InChI is InChI=1S/C23H20F2O4/c1-15-11-16(2)13-21(12-15)27-14-20-8-7-18(28-20)9-10-22(26)17-3-5-19(6-4-17)29-23(24)25/h3-13,23H,14H2,1-2H3/b10-9+. The Bertz CT molecular complexity index is 984. The fourth-order valence-corrected chi connectivity index (χ4v) is 2.79. The SMILES string of the molecule is Cc1cc(C)cc(OCc2ccc(/C=C/C(=O)c3ccc(OC(F)F)cc3)o2)c1. The molecule has 150 valence electrons. The van der Waals surface area contributed by atoms with Crippen molar-refractivity contribution in [1.29, 1.82) is 0 Å². The van der Waals surface area contributed by atoms with Gasteiger partial charge in [0.15, 0.2) is 5.78 Å². The molecule has 0 amide bonds. The van der Waals surface area contributed by atoms with Gasteiger partial charge >= 0.3 is 6.61 Å². The van der Waals surface area contributed by atoms with E-state index < -0.39 is 6.61 Å². The summed E-state index contributed by atoms with van der Waals surface area (Å²) in [5.74, 6) is 1.63. The van der Waals surface area contributed by atoms with Gasteiger partial charge in [-0.05, 0) is 85.7 Å². The maximum atomic E-state index is 12.2. The van der Waals surface area contributed by atoms with Crippen molar-refractivity contribution in [2.75, 3.05) is 0 Å². The van der Waals surface area contributed by atoms with Gasteiger partial charge in [-0.25, -0.2) is 0 Å². The van der Waals surface area contributed by atoms with Crippen LogP contribution in [0.2, 0.25) is 0 Å². The number of furan rings is 1. The third-order valence-electron chi connectivity index (χ3n) is 4.02. The van der Waals surface area contributed by atoms with E-state index in [4.69, 9.17) is 9.15 Å². The highest BCUT2D eigenvalue weighted by atomic mass is 19.3. The Hall–Kier alpha value is -3.41. The third-order valence-corrected chi connectivity index (χ3v) is 4.02. The maximum absolute atomic E-state index is 12.2. The Kier molecular flexibility index (Phi) is 6.44. The molecule has 1 heterocycles. The molecule has 0 radical (unpaired) electrons. The van der Waals surface area contributed by atoms with Crippen molar-refractivity contribution in [2.24, 2.45) is 0 Å². The van der Waals surface area contributed by atoms with Gasteiger partial charge < -0.3 is 13.9 Å². The van der Waals surface area contributed by atoms with Crippen molar-refractivity contribution < 1.29 is 27.5 Å². The van der Waals surface area contributed by atoms with Crippen LogP contribution in [0.4, 0.5) is 8.78 Å². The number of allylic oxidation sites excluding steroid dienone is 1. The minimum atomic E-state index is -2.90. The molecule has 0 aliphatic carbocycles. The van der Waals surface area contributed by atoms with Crippen LogP contribution in [0.5, 0.6) is 11.5 Å². The summed E-state index contributed by atoms with van der Waals surface area (Å²) in [4.78, 5) is 12.2. The monoisotopic (exact) mass is 398 g/mol. The molecule has 0 atom stereocenters. The van der Waals surface area contributed by atoms with Gasteiger partial charge in [0, 0.05) is 5.56 Å². The van der Waals surface area contributed by atoms with E-state index in [-0.39, 0.29) is 18.1 Å². The lowest BCUT2D eigenvalue weighted by Gasteiger charge is -2.06. The summed E-state index contributed by atoms with van der Waals surface area (Å²) in [6.07, 6.45) is 2.91. The Morgan fingerprint density at radius 1 is 1.00 bits per heavy atom. The number of ether oxygens (including phenoxy) is 2. The first-order valence-electron chi connectivity index (χ1n) is 8.96. The molecule has 0 spiro atoms. The molecule has 0 aliphatic rings. The zero-order valence-electron chi connectivity index (χ0n) is 16.0. The number of aryl methyl sites for hydroxylation is 2. The highest BCUT2D eigenvalue weighted by Crippen LogP contribution is 2.19. The summed E-state index contributed by atoms with van der Waals surface area (Å²) in [5, 5.41) is 0. The van der Waals surface area contributed by atoms with Crippen LogP contribution in [-0.4, -0.2) is 12.4 Å². The molecule has 4 nitrogen and oxygen atoms in total. The van der Waals surface area contributed by atoms with Gasteiger partial charge in [0.05, 0.1) is 0 Å². The average Bonchev–Trinajstić information content (AvgIpc) is 3.12. The van der Waals surface area contributed by atoms with E-state index in [1.54, 1.807) is 18.2 Å². The maximum Gasteiger partial charge on any atom is 0.387 e. The number of rotatable bonds is 8. The van der Waals surface area contributed by atoms with E-state index in [1.165, 1.54) is 30.3 Å². The van der Waals surface area contributed by atoms with Crippen LogP contribution in [0.1, 0.15) is 33.0 Å². The minimum absolute atomic E-state index is 0.00000885. The first-order valence-corrected chi connectivity index (χ1v) is 8.96. The van der Waals surface area contributed by atoms with E-state index in [0.717, 1.165) is 16.9 Å². The lowest BCUT2D eigenvalue weighted by atomic mass is 10.1. The number of hydrogen-bond acceptors (Lipinski definition) is 4. The zero-order chi connectivity index (χ0) is 20.8. The zero-order valence-corrected chi connectivity index (χ0v) is 16.0. The van der Waals surface area contributed by atoms with Crippen molar-refractivity contribution in [2.45, 2.75) is 27.1 Å². The normalized spacial score (nSPS) is 11.2. The second-order valence-corrected chi connectivity index (χ2v) is 6.52. The summed E-state index contributed by atoms with van der Waals surface area (Å²) >= 11 is 0. The summed E-state index contributed by atoms with van der Waals surface area (Å²) in [7, 11) is 0. The molecule has 2 aromatic carbocycles. The van der Waals surface area contributed by atoms with E-state index in [0.29, 0.717) is 17.1 Å². The smallest absolute Gasteiger partial charge is 0.387 e. The van der Waals surface area contributed by atoms with Gasteiger partial charge in [-0.15, -0.1) is 0 Å². The summed E-state index contributed by atoms with van der Waals surface area (Å²) in [6.45, 7) is 1.39. The van der Waals surface area contributed by atoms with Crippen molar-refractivity contribution >= 4 is 11.9 Å². The first kappa shape index (κ1) is 20.3. The third kappa shape index (κ3) is 6.04. The summed E-state index contributed by atoms with van der Waals surface area (Å²) < 4.78 is 40.0. The second kappa shape index (κ2) is 9.19. The number of carbonyl (C=O) groups excluding carboxylic acids is 1. The van der Waals surface area contributed by atoms with Crippen molar-refractivity contribution in [1.82, 2.24) is 0 Å². The molecule has 3 aromatic rings. The Morgan fingerprint density at radius 2 is 1.69 bits per heavy atom. The number of halogens is 2. The number of benzene rings is 2. The predicted molar refractivity (Wildman–Crippen MR) is 105 cm³/mol. The Balaban J connectivity index is 1.57. The van der Waals surface area contributed by atoms with Crippen LogP contribution in [-0.2, 0) is 6.61 Å². The molecule has 1 aromatic heterocycles. The van der Waals surface area contributed by atoms with Crippen LogP contribution in [0.25, 0.3) is 6.08 Å². The Morgan fingerprint density at radius 3 is 2.34 bits per heavy atom. The molecule has 6 heteroatoms. The van der Waals surface area contributed by atoms with Gasteiger partial charge in [0.2, 0.25) is 0 Å². The first-order chi connectivity index (χ1) is 13.9. The van der Waals surface area contributed by atoms with Crippen LogP contribution >= 0.6 is 0 Å². The van der Waals surface area contributed by atoms with Gasteiger partial charge in [-0.3, -0.25) is 4.79 Å². The number of carbonyl (C=O) groups is 1. The molecular weight excluding hydrogens is 378 g/mol. The van der Waals surface area contributed by atoms with E-state index in [1.807, 2.05) is 26.0 Å². The van der Waals surface area contributed by atoms with Crippen LogP contribution in [0.3, 0.4) is 0 Å². The van der Waals surface area contributed by atoms with Gasteiger partial charge in [0.1, 0.15) is 29.6 Å². The topological polar surface area (TPSA) is 48.7 Å². The Labute approximate surface area is 167 Å². The van der Waals surface area contributed by atoms with Crippen molar-refractivity contribution in [3.05, 3.63) is 88.9 Å². The predicted octanol–water partition coefficient (Wildman–Crippen LogP) is 5.97. The molecule has 0 unspecified atom stereocenters. The quantitative estimate of drug-likeness (QED) is 0.346. The lowest BCUT2D eigenvalue weighted by Crippen LogP contribution is -2.02. The summed E-state index contributed by atoms with van der Waals surface area (Å²) in [5.41, 5.74) is 2.60. The largest absolute Gasteiger partial charge is 0.486 e. The van der Waals surface area contributed by atoms with E-state index in [2.05, 4.69) is 10.8 Å². The van der Waals surface area contributed by atoms with Crippen LogP contribution in [0.15, 0.2) is 65.1 Å². The van der Waals surface area contributed by atoms with E-state index in [9.17, 15) is 13.6 Å². The highest BCUT2D eigenvalue weighted by molar-refractivity contribution is 6.06. The molecular formula is C23H20F2O4. The molecule has 0 bridgehead atoms. The van der Waals surface area contributed by atoms with Gasteiger partial charge in [0.25, 0.3) is 0 Å². The van der Waals surface area contributed by atoms with Crippen molar-refractivity contribution in [3.63, 3.8) is 0 Å². The second-order valence-electron chi connectivity index (χ2n) is 6.52. The molecule has 29 heavy (non-hydrogen) atoms. The fourth-order valence-electron chi connectivity index (χ4n) is 2.79. The summed E-state index contributed by atoms with van der Waals surface area (Å²) in [6, 6.07) is 15.0. The number of ketones is 1.